The molecule has 0 aliphatic heterocycles. The molecule has 0 saturated carbocycles. The van der Waals surface area contributed by atoms with Gasteiger partial charge in [-0.2, -0.15) is 0 Å². The number of hydrogen-bond acceptors (Lipinski definition) is 2. The maximum Gasteiger partial charge on any atom is 0.0555 e. The third-order valence-electron chi connectivity index (χ3n) is 2.44. The van der Waals surface area contributed by atoms with Crippen molar-refractivity contribution in [3.63, 3.8) is 0 Å². The molecule has 0 atom stereocenters. The number of nitrogens with zero attached hydrogens (tertiary/aromatic N) is 2. The molecule has 0 aliphatic carbocycles. The van der Waals surface area contributed by atoms with Gasteiger partial charge in [-0.1, -0.05) is 50.6 Å². The summed E-state index contributed by atoms with van der Waals surface area (Å²) in [6.07, 6.45) is 4.66. The molecule has 0 spiro atoms. The van der Waals surface area contributed by atoms with Crippen molar-refractivity contribution in [2.45, 2.75) is 48.0 Å². The standard InChI is InChI=1S/C9H12.C6H8N2.C2H6/c1-3-9-6-4-8(2)5-7-9;1-5-3-8-6(2)4-7-5;1-2/h4-7H,3H2,1-2H3;3-4H,1-2H3;1-2H3. The van der Waals surface area contributed by atoms with Crippen molar-refractivity contribution in [2.75, 3.05) is 0 Å². The average molecular weight is 258 g/mol. The monoisotopic (exact) mass is 258 g/mol. The molecule has 2 nitrogen and oxygen atoms in total. The Kier molecular flexibility index (Phi) is 9.33. The summed E-state index contributed by atoms with van der Waals surface area (Å²) in [5, 5.41) is 0. The largest absolute Gasteiger partial charge is 0.258 e. The summed E-state index contributed by atoms with van der Waals surface area (Å²) in [7, 11) is 0. The molecule has 1 aromatic carbocycles. The van der Waals surface area contributed by atoms with Gasteiger partial charge in [-0.3, -0.25) is 9.97 Å². The molecule has 19 heavy (non-hydrogen) atoms. The first-order chi connectivity index (χ1) is 9.11. The summed E-state index contributed by atoms with van der Waals surface area (Å²) in [5.41, 5.74) is 4.69. The lowest BCUT2D eigenvalue weighted by Crippen LogP contribution is -1.84. The van der Waals surface area contributed by atoms with Crippen molar-refractivity contribution in [1.29, 1.82) is 0 Å². The topological polar surface area (TPSA) is 25.8 Å². The van der Waals surface area contributed by atoms with Crippen molar-refractivity contribution in [3.05, 3.63) is 59.2 Å². The Labute approximate surface area is 117 Å². The van der Waals surface area contributed by atoms with E-state index in [9.17, 15) is 0 Å². The van der Waals surface area contributed by atoms with E-state index in [1.54, 1.807) is 12.4 Å². The molecule has 0 bridgehead atoms. The smallest absolute Gasteiger partial charge is 0.0555 e. The summed E-state index contributed by atoms with van der Waals surface area (Å²) in [5.74, 6) is 0. The fourth-order valence-corrected chi connectivity index (χ4v) is 1.28. The first-order valence-corrected chi connectivity index (χ1v) is 6.92. The van der Waals surface area contributed by atoms with Crippen molar-refractivity contribution < 1.29 is 0 Å². The van der Waals surface area contributed by atoms with Gasteiger partial charge in [-0.25, -0.2) is 0 Å². The molecule has 1 heterocycles. The van der Waals surface area contributed by atoms with E-state index in [-0.39, 0.29) is 0 Å². The molecule has 0 unspecified atom stereocenters. The van der Waals surface area contributed by atoms with E-state index in [1.165, 1.54) is 11.1 Å². The minimum atomic E-state index is 0.968. The molecular weight excluding hydrogens is 232 g/mol. The second-order valence-corrected chi connectivity index (χ2v) is 4.14. The zero-order valence-electron chi connectivity index (χ0n) is 13.1. The molecule has 0 saturated heterocycles. The minimum absolute atomic E-state index is 0.968. The average Bonchev–Trinajstić information content (AvgIpc) is 2.46. The van der Waals surface area contributed by atoms with Crippen LogP contribution < -0.4 is 0 Å². The molecule has 0 radical (unpaired) electrons. The van der Waals surface area contributed by atoms with Crippen LogP contribution in [0.3, 0.4) is 0 Å². The molecule has 2 aromatic rings. The van der Waals surface area contributed by atoms with Crippen LogP contribution in [0.4, 0.5) is 0 Å². The first kappa shape index (κ1) is 17.3. The van der Waals surface area contributed by atoms with Crippen LogP contribution in [0.5, 0.6) is 0 Å². The molecule has 0 N–H and O–H groups in total. The van der Waals surface area contributed by atoms with Gasteiger partial charge in [0.1, 0.15) is 0 Å². The minimum Gasteiger partial charge on any atom is -0.258 e. The van der Waals surface area contributed by atoms with Crippen LogP contribution in [-0.2, 0) is 6.42 Å². The van der Waals surface area contributed by atoms with Crippen LogP contribution in [0.1, 0.15) is 43.3 Å². The van der Waals surface area contributed by atoms with Gasteiger partial charge < -0.3 is 0 Å². The lowest BCUT2D eigenvalue weighted by atomic mass is 10.1. The Bertz CT molecular complexity index is 409. The van der Waals surface area contributed by atoms with Gasteiger partial charge in [-0.15, -0.1) is 0 Å². The molecule has 0 aliphatic rings. The van der Waals surface area contributed by atoms with Gasteiger partial charge in [-0.05, 0) is 32.8 Å². The number of hydrogen-bond donors (Lipinski definition) is 0. The normalized spacial score (nSPS) is 8.74. The van der Waals surface area contributed by atoms with E-state index >= 15 is 0 Å². The highest BCUT2D eigenvalue weighted by molar-refractivity contribution is 5.20. The van der Waals surface area contributed by atoms with Crippen molar-refractivity contribution in [3.8, 4) is 0 Å². The Balaban J connectivity index is 0.000000303. The molecule has 104 valence electrons. The maximum atomic E-state index is 4.02. The van der Waals surface area contributed by atoms with Crippen LogP contribution in [0.25, 0.3) is 0 Å². The first-order valence-electron chi connectivity index (χ1n) is 6.92. The van der Waals surface area contributed by atoms with E-state index in [1.807, 2.05) is 27.7 Å². The SMILES string of the molecule is CC.CCc1ccc(C)cc1.Cc1cnc(C)cn1. The number of aryl methyl sites for hydroxylation is 4. The Morgan fingerprint density at radius 1 is 0.789 bits per heavy atom. The van der Waals surface area contributed by atoms with Gasteiger partial charge in [0.15, 0.2) is 0 Å². The predicted molar refractivity (Wildman–Crippen MR) is 83.4 cm³/mol. The zero-order chi connectivity index (χ0) is 14.7. The third kappa shape index (κ3) is 8.09. The van der Waals surface area contributed by atoms with Gasteiger partial charge in [0, 0.05) is 12.4 Å². The van der Waals surface area contributed by atoms with E-state index in [0.29, 0.717) is 0 Å². The van der Waals surface area contributed by atoms with E-state index < -0.39 is 0 Å². The number of rotatable bonds is 1. The quantitative estimate of drug-likeness (QED) is 0.742. The predicted octanol–water partition coefficient (Wildman–Crippen LogP) is 4.68. The molecule has 1 aromatic heterocycles. The van der Waals surface area contributed by atoms with Crippen LogP contribution in [-0.4, -0.2) is 9.97 Å². The summed E-state index contributed by atoms with van der Waals surface area (Å²) in [6.45, 7) is 12.1. The zero-order valence-corrected chi connectivity index (χ0v) is 13.1. The van der Waals surface area contributed by atoms with Crippen molar-refractivity contribution >= 4 is 0 Å². The van der Waals surface area contributed by atoms with Crippen molar-refractivity contribution in [2.24, 2.45) is 0 Å². The van der Waals surface area contributed by atoms with E-state index in [4.69, 9.17) is 0 Å². The second kappa shape index (κ2) is 10.2. The van der Waals surface area contributed by atoms with Gasteiger partial charge in [0.2, 0.25) is 0 Å². The van der Waals surface area contributed by atoms with Crippen LogP contribution in [0.2, 0.25) is 0 Å². The Morgan fingerprint density at radius 3 is 1.53 bits per heavy atom. The summed E-state index contributed by atoms with van der Waals surface area (Å²) in [4.78, 5) is 8.03. The Hall–Kier alpha value is -1.70. The Morgan fingerprint density at radius 2 is 1.21 bits per heavy atom. The highest BCUT2D eigenvalue weighted by Gasteiger charge is 1.85. The van der Waals surface area contributed by atoms with Gasteiger partial charge in [0.05, 0.1) is 11.4 Å². The van der Waals surface area contributed by atoms with E-state index in [2.05, 4.69) is 48.1 Å². The lowest BCUT2D eigenvalue weighted by Gasteiger charge is -1.94. The number of aromatic nitrogens is 2. The fraction of sp³-hybridized carbons (Fsp3) is 0.412. The van der Waals surface area contributed by atoms with Crippen LogP contribution in [0, 0.1) is 20.8 Å². The highest BCUT2D eigenvalue weighted by atomic mass is 14.8. The molecular formula is C17H26N2. The fourth-order valence-electron chi connectivity index (χ4n) is 1.28. The summed E-state index contributed by atoms with van der Waals surface area (Å²) >= 11 is 0. The lowest BCUT2D eigenvalue weighted by molar-refractivity contribution is 1.06. The highest BCUT2D eigenvalue weighted by Crippen LogP contribution is 2.02. The maximum absolute atomic E-state index is 4.02. The van der Waals surface area contributed by atoms with Crippen LogP contribution in [0.15, 0.2) is 36.7 Å². The second-order valence-electron chi connectivity index (χ2n) is 4.14. The third-order valence-corrected chi connectivity index (χ3v) is 2.44. The molecule has 0 fully saturated rings. The molecule has 2 heteroatoms. The molecule has 2 rings (SSSR count). The summed E-state index contributed by atoms with van der Waals surface area (Å²) in [6, 6.07) is 8.66. The molecule has 0 amide bonds. The van der Waals surface area contributed by atoms with Gasteiger partial charge >= 0.3 is 0 Å². The van der Waals surface area contributed by atoms with E-state index in [0.717, 1.165) is 17.8 Å². The van der Waals surface area contributed by atoms with Crippen LogP contribution >= 0.6 is 0 Å². The van der Waals surface area contributed by atoms with Gasteiger partial charge in [0.25, 0.3) is 0 Å². The summed E-state index contributed by atoms with van der Waals surface area (Å²) < 4.78 is 0. The van der Waals surface area contributed by atoms with Crippen molar-refractivity contribution in [1.82, 2.24) is 9.97 Å². The number of benzene rings is 1.